The molecule has 2 heterocycles. The standard InChI is InChI=1S/C15H16N4O3S/c1-10-8-12-9-13(5-6-14(12)19(10)11(2)20)23(21,22)18-15-4-3-7-16-17-15/h3-7,9-10H,8H2,1-2H3,(H,17,18). The van der Waals surface area contributed by atoms with Gasteiger partial charge in [-0.3, -0.25) is 9.52 Å². The molecule has 1 unspecified atom stereocenters. The van der Waals surface area contributed by atoms with Crippen LogP contribution in [0.1, 0.15) is 19.4 Å². The molecule has 7 nitrogen and oxygen atoms in total. The maximum absolute atomic E-state index is 12.4. The number of sulfonamides is 1. The molecule has 1 atom stereocenters. The van der Waals surface area contributed by atoms with E-state index in [0.717, 1.165) is 11.3 Å². The van der Waals surface area contributed by atoms with Crippen molar-refractivity contribution in [1.82, 2.24) is 10.2 Å². The zero-order valence-corrected chi connectivity index (χ0v) is 13.5. The summed E-state index contributed by atoms with van der Waals surface area (Å²) >= 11 is 0. The second-order valence-electron chi connectivity index (χ2n) is 5.45. The first-order valence-corrected chi connectivity index (χ1v) is 8.60. The van der Waals surface area contributed by atoms with Gasteiger partial charge in [-0.05, 0) is 49.2 Å². The summed E-state index contributed by atoms with van der Waals surface area (Å²) in [6.45, 7) is 3.44. The molecular weight excluding hydrogens is 316 g/mol. The van der Waals surface area contributed by atoms with Crippen LogP contribution in [0.2, 0.25) is 0 Å². The number of carbonyl (C=O) groups excluding carboxylic acids is 1. The SMILES string of the molecule is CC(=O)N1c2ccc(S(=O)(=O)Nc3cccnn3)cc2CC1C. The molecule has 3 rings (SSSR count). The van der Waals surface area contributed by atoms with Gasteiger partial charge in [0.15, 0.2) is 5.82 Å². The van der Waals surface area contributed by atoms with E-state index in [1.54, 1.807) is 23.1 Å². The fourth-order valence-corrected chi connectivity index (χ4v) is 3.85. The van der Waals surface area contributed by atoms with Crippen LogP contribution in [0.5, 0.6) is 0 Å². The number of amides is 1. The van der Waals surface area contributed by atoms with Gasteiger partial charge in [-0.1, -0.05) is 0 Å². The van der Waals surface area contributed by atoms with Gasteiger partial charge in [0.25, 0.3) is 10.0 Å². The molecule has 2 aromatic rings. The van der Waals surface area contributed by atoms with Crippen molar-refractivity contribution < 1.29 is 13.2 Å². The molecule has 23 heavy (non-hydrogen) atoms. The van der Waals surface area contributed by atoms with Gasteiger partial charge in [0.05, 0.1) is 4.90 Å². The zero-order chi connectivity index (χ0) is 16.6. The Balaban J connectivity index is 1.94. The highest BCUT2D eigenvalue weighted by atomic mass is 32.2. The van der Waals surface area contributed by atoms with Crippen LogP contribution < -0.4 is 9.62 Å². The molecule has 0 aliphatic carbocycles. The smallest absolute Gasteiger partial charge is 0.263 e. The quantitative estimate of drug-likeness (QED) is 0.921. The second-order valence-corrected chi connectivity index (χ2v) is 7.13. The molecule has 0 fully saturated rings. The third-order valence-electron chi connectivity index (χ3n) is 3.73. The van der Waals surface area contributed by atoms with Gasteiger partial charge in [-0.2, -0.15) is 5.10 Å². The lowest BCUT2D eigenvalue weighted by Crippen LogP contribution is -2.33. The van der Waals surface area contributed by atoms with E-state index in [0.29, 0.717) is 6.42 Å². The second kappa shape index (κ2) is 5.62. The summed E-state index contributed by atoms with van der Waals surface area (Å²) in [5.74, 6) is 0.108. The largest absolute Gasteiger partial charge is 0.309 e. The van der Waals surface area contributed by atoms with Crippen LogP contribution in [0, 0.1) is 0 Å². The molecule has 0 bridgehead atoms. The lowest BCUT2D eigenvalue weighted by atomic mass is 10.1. The summed E-state index contributed by atoms with van der Waals surface area (Å²) in [5.41, 5.74) is 1.61. The number of hydrogen-bond donors (Lipinski definition) is 1. The topological polar surface area (TPSA) is 92.3 Å². The Labute approximate surface area is 134 Å². The van der Waals surface area contributed by atoms with Gasteiger partial charge in [-0.15, -0.1) is 5.10 Å². The number of rotatable bonds is 3. The third kappa shape index (κ3) is 2.89. The maximum Gasteiger partial charge on any atom is 0.263 e. The highest BCUT2D eigenvalue weighted by Gasteiger charge is 2.30. The average Bonchev–Trinajstić information content (AvgIpc) is 2.82. The van der Waals surface area contributed by atoms with E-state index >= 15 is 0 Å². The van der Waals surface area contributed by atoms with Crippen LogP contribution in [-0.4, -0.2) is 30.6 Å². The minimum atomic E-state index is -3.75. The van der Waals surface area contributed by atoms with Crippen molar-refractivity contribution in [3.63, 3.8) is 0 Å². The monoisotopic (exact) mass is 332 g/mol. The Hall–Kier alpha value is -2.48. The maximum atomic E-state index is 12.4. The Morgan fingerprint density at radius 3 is 2.78 bits per heavy atom. The van der Waals surface area contributed by atoms with Crippen LogP contribution in [0.15, 0.2) is 41.4 Å². The zero-order valence-electron chi connectivity index (χ0n) is 12.7. The molecule has 1 N–H and O–H groups in total. The van der Waals surface area contributed by atoms with Crippen molar-refractivity contribution in [3.8, 4) is 0 Å². The highest BCUT2D eigenvalue weighted by Crippen LogP contribution is 2.34. The first kappa shape index (κ1) is 15.4. The Morgan fingerprint density at radius 2 is 2.13 bits per heavy atom. The first-order valence-electron chi connectivity index (χ1n) is 7.12. The molecule has 1 aromatic heterocycles. The van der Waals surface area contributed by atoms with Crippen molar-refractivity contribution in [2.24, 2.45) is 0 Å². The number of anilines is 2. The van der Waals surface area contributed by atoms with Crippen LogP contribution in [0.25, 0.3) is 0 Å². The van der Waals surface area contributed by atoms with Gasteiger partial charge < -0.3 is 4.90 Å². The molecule has 8 heteroatoms. The molecule has 1 aromatic carbocycles. The predicted octanol–water partition coefficient (Wildman–Crippen LogP) is 1.57. The normalized spacial score (nSPS) is 17.0. The lowest BCUT2D eigenvalue weighted by Gasteiger charge is -2.20. The number of nitrogens with zero attached hydrogens (tertiary/aromatic N) is 3. The van der Waals surface area contributed by atoms with Crippen LogP contribution in [0.3, 0.4) is 0 Å². The first-order chi connectivity index (χ1) is 10.9. The molecular formula is C15H16N4O3S. The Morgan fingerprint density at radius 1 is 1.35 bits per heavy atom. The summed E-state index contributed by atoms with van der Waals surface area (Å²) in [6.07, 6.45) is 2.09. The van der Waals surface area contributed by atoms with Crippen molar-refractivity contribution in [2.45, 2.75) is 31.2 Å². The molecule has 0 saturated carbocycles. The fourth-order valence-electron chi connectivity index (χ4n) is 2.81. The summed E-state index contributed by atoms with van der Waals surface area (Å²) < 4.78 is 27.3. The number of hydrogen-bond acceptors (Lipinski definition) is 5. The van der Waals surface area contributed by atoms with E-state index in [9.17, 15) is 13.2 Å². The summed E-state index contributed by atoms with van der Waals surface area (Å²) in [7, 11) is -3.75. The van der Waals surface area contributed by atoms with E-state index in [-0.39, 0.29) is 22.7 Å². The van der Waals surface area contributed by atoms with Crippen LogP contribution in [0.4, 0.5) is 11.5 Å². The van der Waals surface area contributed by atoms with Gasteiger partial charge in [0.1, 0.15) is 0 Å². The summed E-state index contributed by atoms with van der Waals surface area (Å²) in [6, 6.07) is 7.91. The summed E-state index contributed by atoms with van der Waals surface area (Å²) in [5, 5.41) is 7.35. The number of nitrogens with one attached hydrogen (secondary N) is 1. The van der Waals surface area contributed by atoms with E-state index in [2.05, 4.69) is 14.9 Å². The van der Waals surface area contributed by atoms with E-state index in [1.807, 2.05) is 6.92 Å². The fraction of sp³-hybridized carbons (Fsp3) is 0.267. The third-order valence-corrected chi connectivity index (χ3v) is 5.08. The van der Waals surface area contributed by atoms with E-state index in [4.69, 9.17) is 0 Å². The van der Waals surface area contributed by atoms with Crippen molar-refractivity contribution in [1.29, 1.82) is 0 Å². The number of aromatic nitrogens is 2. The number of fused-ring (bicyclic) bond motifs is 1. The molecule has 1 aliphatic heterocycles. The molecule has 0 radical (unpaired) electrons. The molecule has 120 valence electrons. The van der Waals surface area contributed by atoms with Crippen LogP contribution in [-0.2, 0) is 21.2 Å². The highest BCUT2D eigenvalue weighted by molar-refractivity contribution is 7.92. The molecule has 1 aliphatic rings. The lowest BCUT2D eigenvalue weighted by molar-refractivity contribution is -0.116. The predicted molar refractivity (Wildman–Crippen MR) is 85.6 cm³/mol. The van der Waals surface area contributed by atoms with Gasteiger partial charge in [-0.25, -0.2) is 8.42 Å². The summed E-state index contributed by atoms with van der Waals surface area (Å²) in [4.78, 5) is 13.5. The van der Waals surface area contributed by atoms with Crippen LogP contribution >= 0.6 is 0 Å². The van der Waals surface area contributed by atoms with Gasteiger partial charge in [0, 0.05) is 24.8 Å². The van der Waals surface area contributed by atoms with Gasteiger partial charge >= 0.3 is 0 Å². The Kier molecular flexibility index (Phi) is 3.77. The minimum absolute atomic E-state index is 0.0217. The molecule has 0 spiro atoms. The van der Waals surface area contributed by atoms with E-state index in [1.165, 1.54) is 25.3 Å². The van der Waals surface area contributed by atoms with Crippen molar-refractivity contribution >= 4 is 27.4 Å². The average molecular weight is 332 g/mol. The Bertz CT molecular complexity index is 852. The number of carbonyl (C=O) groups is 1. The van der Waals surface area contributed by atoms with Crippen molar-refractivity contribution in [3.05, 3.63) is 42.1 Å². The minimum Gasteiger partial charge on any atom is -0.309 e. The molecule has 1 amide bonds. The van der Waals surface area contributed by atoms with Crippen molar-refractivity contribution in [2.75, 3.05) is 9.62 Å². The molecule has 0 saturated heterocycles. The van der Waals surface area contributed by atoms with E-state index < -0.39 is 10.0 Å². The number of benzene rings is 1. The van der Waals surface area contributed by atoms with Gasteiger partial charge in [0.2, 0.25) is 5.91 Å².